The van der Waals surface area contributed by atoms with Gasteiger partial charge < -0.3 is 9.64 Å². The predicted molar refractivity (Wildman–Crippen MR) is 94.6 cm³/mol. The van der Waals surface area contributed by atoms with Crippen molar-refractivity contribution in [3.63, 3.8) is 0 Å². The summed E-state index contributed by atoms with van der Waals surface area (Å²) in [5, 5.41) is 4.76. The fraction of sp³-hybridized carbons (Fsp3) is 0.188. The van der Waals surface area contributed by atoms with Crippen molar-refractivity contribution in [2.75, 3.05) is 25.3 Å². The van der Waals surface area contributed by atoms with Crippen LogP contribution in [0.1, 0.15) is 0 Å². The van der Waals surface area contributed by atoms with Crippen LogP contribution in [-0.4, -0.2) is 35.8 Å². The molecule has 0 saturated heterocycles. The molecule has 0 atom stereocenters. The lowest BCUT2D eigenvalue weighted by Gasteiger charge is -2.39. The first-order valence-corrected chi connectivity index (χ1v) is 7.80. The van der Waals surface area contributed by atoms with Crippen molar-refractivity contribution in [2.45, 2.75) is 0 Å². The van der Waals surface area contributed by atoms with Gasteiger partial charge in [-0.2, -0.15) is 0 Å². The molecule has 1 aromatic rings. The Morgan fingerprint density at radius 1 is 1.09 bits per heavy atom. The lowest BCUT2D eigenvalue weighted by molar-refractivity contribution is 0.161. The molecule has 2 aliphatic rings. The quantitative estimate of drug-likeness (QED) is 0.776. The molecule has 0 saturated carbocycles. The highest BCUT2D eigenvalue weighted by molar-refractivity contribution is 6.64. The first-order valence-electron chi connectivity index (χ1n) is 7.05. The summed E-state index contributed by atoms with van der Waals surface area (Å²) in [6.45, 7) is 1.02. The van der Waals surface area contributed by atoms with Gasteiger partial charge in [-0.25, -0.2) is 10.0 Å². The van der Waals surface area contributed by atoms with E-state index in [-0.39, 0.29) is 0 Å². The van der Waals surface area contributed by atoms with E-state index in [2.05, 4.69) is 9.89 Å². The molecule has 2 heterocycles. The van der Waals surface area contributed by atoms with Crippen LogP contribution >= 0.6 is 23.2 Å². The van der Waals surface area contributed by atoms with Gasteiger partial charge in [0.1, 0.15) is 19.1 Å². The van der Waals surface area contributed by atoms with E-state index in [1.54, 1.807) is 7.11 Å². The summed E-state index contributed by atoms with van der Waals surface area (Å²) in [6.07, 6.45) is 11.6. The molecule has 0 N–H and O–H groups in total. The van der Waals surface area contributed by atoms with Crippen LogP contribution in [0.15, 0.2) is 59.9 Å². The SMILES string of the molecule is COc1ccc(N2CN=C(Cl)N(N3C=CC=CC=C3)C2)cc1Cl. The van der Waals surface area contributed by atoms with E-state index in [0.29, 0.717) is 29.4 Å². The highest BCUT2D eigenvalue weighted by Crippen LogP contribution is 2.30. The zero-order valence-electron chi connectivity index (χ0n) is 12.6. The van der Waals surface area contributed by atoms with Gasteiger partial charge in [-0.1, -0.05) is 23.8 Å². The zero-order chi connectivity index (χ0) is 16.2. The highest BCUT2D eigenvalue weighted by Gasteiger charge is 2.23. The van der Waals surface area contributed by atoms with E-state index in [1.807, 2.05) is 64.9 Å². The van der Waals surface area contributed by atoms with Crippen molar-refractivity contribution in [1.29, 1.82) is 0 Å². The lowest BCUT2D eigenvalue weighted by Crippen LogP contribution is -2.49. The number of allylic oxidation sites excluding steroid dienone is 4. The molecule has 23 heavy (non-hydrogen) atoms. The summed E-state index contributed by atoms with van der Waals surface area (Å²) in [4.78, 5) is 6.44. The van der Waals surface area contributed by atoms with Gasteiger partial charge in [0.05, 0.1) is 12.1 Å². The number of hydrogen-bond acceptors (Lipinski definition) is 5. The normalized spacial score (nSPS) is 17.3. The van der Waals surface area contributed by atoms with Crippen LogP contribution < -0.4 is 9.64 Å². The number of halogens is 2. The van der Waals surface area contributed by atoms with E-state index < -0.39 is 0 Å². The van der Waals surface area contributed by atoms with Gasteiger partial charge in [0.2, 0.25) is 5.29 Å². The Morgan fingerprint density at radius 3 is 2.48 bits per heavy atom. The number of nitrogens with zero attached hydrogens (tertiary/aromatic N) is 4. The first kappa shape index (κ1) is 15.8. The molecule has 120 valence electrons. The third kappa shape index (κ3) is 3.46. The maximum atomic E-state index is 6.27. The maximum absolute atomic E-state index is 6.27. The fourth-order valence-corrected chi connectivity index (χ4v) is 2.73. The molecule has 0 bridgehead atoms. The van der Waals surface area contributed by atoms with Crippen LogP contribution in [0, 0.1) is 0 Å². The lowest BCUT2D eigenvalue weighted by atomic mass is 10.3. The Hall–Kier alpha value is -2.11. The molecule has 2 aliphatic heterocycles. The van der Waals surface area contributed by atoms with Crippen molar-refractivity contribution in [3.05, 3.63) is 59.9 Å². The number of ether oxygens (including phenoxy) is 1. The molecule has 0 radical (unpaired) electrons. The summed E-state index contributed by atoms with van der Waals surface area (Å²) in [6, 6.07) is 5.66. The van der Waals surface area contributed by atoms with Crippen LogP contribution in [0.3, 0.4) is 0 Å². The Balaban J connectivity index is 1.82. The first-order chi connectivity index (χ1) is 11.2. The molecule has 0 amide bonds. The van der Waals surface area contributed by atoms with Gasteiger partial charge in [-0.3, -0.25) is 5.01 Å². The second-order valence-corrected chi connectivity index (χ2v) is 5.66. The van der Waals surface area contributed by atoms with Gasteiger partial charge in [0, 0.05) is 18.1 Å². The zero-order valence-corrected chi connectivity index (χ0v) is 14.1. The summed E-state index contributed by atoms with van der Waals surface area (Å²) < 4.78 is 5.19. The smallest absolute Gasteiger partial charge is 0.216 e. The number of hydrogen-bond donors (Lipinski definition) is 0. The monoisotopic (exact) mass is 350 g/mol. The van der Waals surface area contributed by atoms with Gasteiger partial charge in [0.15, 0.2) is 0 Å². The summed E-state index contributed by atoms with van der Waals surface area (Å²) in [5.74, 6) is 0.648. The topological polar surface area (TPSA) is 31.3 Å². The number of anilines is 1. The number of methoxy groups -OCH3 is 1. The average Bonchev–Trinajstić information content (AvgIpc) is 2.84. The molecule has 0 aliphatic carbocycles. The largest absolute Gasteiger partial charge is 0.495 e. The molecule has 0 spiro atoms. The number of hydrazine groups is 1. The van der Waals surface area contributed by atoms with Gasteiger partial charge in [0.25, 0.3) is 0 Å². The van der Waals surface area contributed by atoms with Crippen LogP contribution in [-0.2, 0) is 0 Å². The van der Waals surface area contributed by atoms with E-state index in [4.69, 9.17) is 27.9 Å². The summed E-state index contributed by atoms with van der Waals surface area (Å²) >= 11 is 12.5. The predicted octanol–water partition coefficient (Wildman–Crippen LogP) is 3.79. The van der Waals surface area contributed by atoms with E-state index in [9.17, 15) is 0 Å². The van der Waals surface area contributed by atoms with Crippen molar-refractivity contribution in [1.82, 2.24) is 10.0 Å². The van der Waals surface area contributed by atoms with Crippen molar-refractivity contribution in [3.8, 4) is 5.75 Å². The molecule has 0 unspecified atom stereocenters. The summed E-state index contributed by atoms with van der Waals surface area (Å²) in [7, 11) is 1.60. The van der Waals surface area contributed by atoms with Crippen LogP contribution in [0.4, 0.5) is 5.69 Å². The van der Waals surface area contributed by atoms with E-state index in [1.165, 1.54) is 0 Å². The molecule has 7 heteroatoms. The second-order valence-electron chi connectivity index (χ2n) is 4.92. The van der Waals surface area contributed by atoms with Crippen LogP contribution in [0.2, 0.25) is 5.02 Å². The van der Waals surface area contributed by atoms with Gasteiger partial charge in [-0.15, -0.1) is 0 Å². The average molecular weight is 351 g/mol. The van der Waals surface area contributed by atoms with Crippen molar-refractivity contribution in [2.24, 2.45) is 4.99 Å². The minimum absolute atomic E-state index is 0.442. The molecular weight excluding hydrogens is 335 g/mol. The Kier molecular flexibility index (Phi) is 4.79. The second kappa shape index (κ2) is 6.98. The fourth-order valence-electron chi connectivity index (χ4n) is 2.29. The van der Waals surface area contributed by atoms with Gasteiger partial charge in [-0.05, 0) is 42.0 Å². The Labute approximate surface area is 145 Å². The molecule has 5 nitrogen and oxygen atoms in total. The Morgan fingerprint density at radius 2 is 1.83 bits per heavy atom. The molecular formula is C16H16Cl2N4O. The van der Waals surface area contributed by atoms with Crippen molar-refractivity contribution >= 4 is 34.2 Å². The van der Waals surface area contributed by atoms with Gasteiger partial charge >= 0.3 is 0 Å². The van der Waals surface area contributed by atoms with E-state index >= 15 is 0 Å². The molecule has 0 fully saturated rings. The maximum Gasteiger partial charge on any atom is 0.216 e. The third-order valence-electron chi connectivity index (χ3n) is 3.48. The van der Waals surface area contributed by atoms with Crippen LogP contribution in [0.5, 0.6) is 5.75 Å². The molecule has 1 aromatic carbocycles. The van der Waals surface area contributed by atoms with Crippen LogP contribution in [0.25, 0.3) is 0 Å². The third-order valence-corrected chi connectivity index (χ3v) is 4.09. The minimum Gasteiger partial charge on any atom is -0.495 e. The van der Waals surface area contributed by atoms with Crippen molar-refractivity contribution < 1.29 is 4.74 Å². The number of rotatable bonds is 3. The standard InChI is InChI=1S/C16H16Cl2N4O/c1-23-15-7-6-13(10-14(15)17)20-11-19-16(18)22(12-20)21-8-4-2-3-5-9-21/h2-10H,11-12H2,1H3. The number of aliphatic imine (C=N–C) groups is 1. The Bertz CT molecular complexity index is 683. The molecule has 3 rings (SSSR count). The number of benzene rings is 1. The summed E-state index contributed by atoms with van der Waals surface area (Å²) in [5.41, 5.74) is 0.953. The highest BCUT2D eigenvalue weighted by atomic mass is 35.5. The number of amidine groups is 1. The van der Waals surface area contributed by atoms with E-state index in [0.717, 1.165) is 5.69 Å². The molecule has 0 aromatic heterocycles. The minimum atomic E-state index is 0.442.